The van der Waals surface area contributed by atoms with Crippen molar-refractivity contribution in [1.29, 1.82) is 0 Å². The quantitative estimate of drug-likeness (QED) is 0.773. The van der Waals surface area contributed by atoms with Crippen LogP contribution in [0.1, 0.15) is 6.92 Å². The van der Waals surface area contributed by atoms with Gasteiger partial charge in [-0.05, 0) is 19.1 Å². The maximum atomic E-state index is 12.2. The van der Waals surface area contributed by atoms with Crippen LogP contribution in [-0.2, 0) is 19.1 Å². The Morgan fingerprint density at radius 2 is 2.27 bits per heavy atom. The molecule has 1 aromatic rings. The molecule has 2 atom stereocenters. The van der Waals surface area contributed by atoms with E-state index in [1.807, 2.05) is 6.92 Å². The Hall–Kier alpha value is -2.12. The summed E-state index contributed by atoms with van der Waals surface area (Å²) in [6.45, 7) is 2.92. The molecule has 0 bridgehead atoms. The number of methoxy groups -OCH3 is 1. The predicted molar refractivity (Wildman–Crippen MR) is 79.8 cm³/mol. The standard InChI is InChI=1S/C15H20N2O5/c1-10-14(16-6-7-21-10)15(19)17-11-4-3-5-12(8-11)22-9-13(18)20-2/h3-5,8,10,14,16H,6-7,9H2,1-2H3,(H,17,19)/t10-,14+/m1/s1. The van der Waals surface area contributed by atoms with Crippen LogP contribution >= 0.6 is 0 Å². The predicted octanol–water partition coefficient (Wildman–Crippen LogP) is 0.554. The number of anilines is 1. The maximum Gasteiger partial charge on any atom is 0.343 e. The lowest BCUT2D eigenvalue weighted by Crippen LogP contribution is -2.53. The van der Waals surface area contributed by atoms with Gasteiger partial charge in [0, 0.05) is 18.3 Å². The summed E-state index contributed by atoms with van der Waals surface area (Å²) in [6, 6.07) is 6.43. The molecule has 0 aromatic heterocycles. The molecular formula is C15H20N2O5. The zero-order valence-corrected chi connectivity index (χ0v) is 12.6. The zero-order chi connectivity index (χ0) is 15.9. The largest absolute Gasteiger partial charge is 0.482 e. The molecule has 120 valence electrons. The number of nitrogens with one attached hydrogen (secondary N) is 2. The molecule has 1 fully saturated rings. The minimum absolute atomic E-state index is 0.169. The lowest BCUT2D eigenvalue weighted by Gasteiger charge is -2.29. The average molecular weight is 308 g/mol. The van der Waals surface area contributed by atoms with Gasteiger partial charge < -0.3 is 24.8 Å². The van der Waals surface area contributed by atoms with Crippen LogP contribution in [0.15, 0.2) is 24.3 Å². The summed E-state index contributed by atoms with van der Waals surface area (Å²) in [5, 5.41) is 5.93. The maximum absolute atomic E-state index is 12.2. The van der Waals surface area contributed by atoms with Crippen LogP contribution < -0.4 is 15.4 Å². The van der Waals surface area contributed by atoms with Gasteiger partial charge in [-0.3, -0.25) is 4.79 Å². The summed E-state index contributed by atoms with van der Waals surface area (Å²) in [6.07, 6.45) is -0.187. The van der Waals surface area contributed by atoms with E-state index in [1.54, 1.807) is 24.3 Å². The van der Waals surface area contributed by atoms with Crippen LogP contribution in [0.2, 0.25) is 0 Å². The van der Waals surface area contributed by atoms with Gasteiger partial charge in [0.05, 0.1) is 19.8 Å². The third-order valence-corrected chi connectivity index (χ3v) is 3.28. The number of ether oxygens (including phenoxy) is 3. The molecule has 2 N–H and O–H groups in total. The van der Waals surface area contributed by atoms with E-state index < -0.39 is 12.0 Å². The smallest absolute Gasteiger partial charge is 0.343 e. The van der Waals surface area contributed by atoms with Crippen molar-refractivity contribution in [2.45, 2.75) is 19.1 Å². The molecule has 2 rings (SSSR count). The van der Waals surface area contributed by atoms with Crippen LogP contribution in [-0.4, -0.2) is 50.9 Å². The Bertz CT molecular complexity index is 534. The molecule has 0 saturated carbocycles. The fourth-order valence-corrected chi connectivity index (χ4v) is 2.11. The normalized spacial score (nSPS) is 21.0. The van der Waals surface area contributed by atoms with E-state index >= 15 is 0 Å². The highest BCUT2D eigenvalue weighted by Crippen LogP contribution is 2.18. The number of esters is 1. The van der Waals surface area contributed by atoms with E-state index in [1.165, 1.54) is 7.11 Å². The van der Waals surface area contributed by atoms with Crippen LogP contribution in [0.25, 0.3) is 0 Å². The minimum Gasteiger partial charge on any atom is -0.482 e. The number of amides is 1. The highest BCUT2D eigenvalue weighted by Gasteiger charge is 2.28. The Labute approximate surface area is 128 Å². The van der Waals surface area contributed by atoms with Gasteiger partial charge in [0.25, 0.3) is 0 Å². The lowest BCUT2D eigenvalue weighted by atomic mass is 10.1. The van der Waals surface area contributed by atoms with E-state index in [2.05, 4.69) is 15.4 Å². The first-order valence-electron chi connectivity index (χ1n) is 7.05. The van der Waals surface area contributed by atoms with Gasteiger partial charge in [0.2, 0.25) is 5.91 Å². The molecular weight excluding hydrogens is 288 g/mol. The van der Waals surface area contributed by atoms with E-state index in [0.717, 1.165) is 0 Å². The van der Waals surface area contributed by atoms with Crippen LogP contribution in [0.3, 0.4) is 0 Å². The Morgan fingerprint density at radius 1 is 1.45 bits per heavy atom. The van der Waals surface area contributed by atoms with Crippen molar-refractivity contribution in [3.05, 3.63) is 24.3 Å². The summed E-state index contributed by atoms with van der Waals surface area (Å²) in [4.78, 5) is 23.3. The molecule has 1 aromatic carbocycles. The Kier molecular flexibility index (Phi) is 5.74. The van der Waals surface area contributed by atoms with Gasteiger partial charge in [0.15, 0.2) is 6.61 Å². The molecule has 0 unspecified atom stereocenters. The number of rotatable bonds is 5. The summed E-state index contributed by atoms with van der Waals surface area (Å²) in [5.74, 6) is -0.159. The minimum atomic E-state index is -0.466. The second-order valence-electron chi connectivity index (χ2n) is 4.89. The van der Waals surface area contributed by atoms with Crippen LogP contribution in [0.4, 0.5) is 5.69 Å². The van der Waals surface area contributed by atoms with E-state index in [4.69, 9.17) is 9.47 Å². The molecule has 0 spiro atoms. The molecule has 1 aliphatic rings. The first-order valence-corrected chi connectivity index (χ1v) is 7.05. The third-order valence-electron chi connectivity index (χ3n) is 3.28. The molecule has 7 nitrogen and oxygen atoms in total. The first kappa shape index (κ1) is 16.3. The van der Waals surface area contributed by atoms with Crippen molar-refractivity contribution in [3.63, 3.8) is 0 Å². The third kappa shape index (κ3) is 4.44. The monoisotopic (exact) mass is 308 g/mol. The number of morpholine rings is 1. The molecule has 1 saturated heterocycles. The summed E-state index contributed by atoms with van der Waals surface area (Å²) < 4.78 is 15.2. The van der Waals surface area contributed by atoms with Gasteiger partial charge in [-0.15, -0.1) is 0 Å². The van der Waals surface area contributed by atoms with E-state index in [9.17, 15) is 9.59 Å². The molecule has 0 radical (unpaired) electrons. The zero-order valence-electron chi connectivity index (χ0n) is 12.6. The topological polar surface area (TPSA) is 85.9 Å². The van der Waals surface area contributed by atoms with Gasteiger partial charge in [0.1, 0.15) is 11.8 Å². The van der Waals surface area contributed by atoms with Crippen molar-refractivity contribution < 1.29 is 23.8 Å². The second kappa shape index (κ2) is 7.77. The van der Waals surface area contributed by atoms with Gasteiger partial charge in [-0.25, -0.2) is 4.79 Å². The fourth-order valence-electron chi connectivity index (χ4n) is 2.11. The number of hydrogen-bond donors (Lipinski definition) is 2. The lowest BCUT2D eigenvalue weighted by molar-refractivity contribution is -0.142. The summed E-state index contributed by atoms with van der Waals surface area (Å²) >= 11 is 0. The fraction of sp³-hybridized carbons (Fsp3) is 0.467. The number of carbonyl (C=O) groups is 2. The number of benzene rings is 1. The number of carbonyl (C=O) groups excluding carboxylic acids is 2. The Morgan fingerprint density at radius 3 is 3.00 bits per heavy atom. The van der Waals surface area contributed by atoms with Crippen LogP contribution in [0, 0.1) is 0 Å². The molecule has 1 aliphatic heterocycles. The van der Waals surface area contributed by atoms with Crippen molar-refractivity contribution in [2.24, 2.45) is 0 Å². The van der Waals surface area contributed by atoms with Crippen molar-refractivity contribution in [1.82, 2.24) is 5.32 Å². The van der Waals surface area contributed by atoms with Crippen molar-refractivity contribution in [3.8, 4) is 5.75 Å². The summed E-state index contributed by atoms with van der Waals surface area (Å²) in [5.41, 5.74) is 0.590. The molecule has 22 heavy (non-hydrogen) atoms. The van der Waals surface area contributed by atoms with E-state index in [-0.39, 0.29) is 18.6 Å². The number of hydrogen-bond acceptors (Lipinski definition) is 6. The van der Waals surface area contributed by atoms with Crippen LogP contribution in [0.5, 0.6) is 5.75 Å². The SMILES string of the molecule is COC(=O)COc1cccc(NC(=O)[C@H]2NCCO[C@@H]2C)c1. The second-order valence-corrected chi connectivity index (χ2v) is 4.89. The van der Waals surface area contributed by atoms with Crippen molar-refractivity contribution >= 4 is 17.6 Å². The summed E-state index contributed by atoms with van der Waals surface area (Å²) in [7, 11) is 1.29. The van der Waals surface area contributed by atoms with Gasteiger partial charge in [-0.1, -0.05) is 6.07 Å². The highest BCUT2D eigenvalue weighted by molar-refractivity contribution is 5.95. The molecule has 1 heterocycles. The molecule has 1 amide bonds. The highest BCUT2D eigenvalue weighted by atomic mass is 16.6. The first-order chi connectivity index (χ1) is 10.6. The van der Waals surface area contributed by atoms with Gasteiger partial charge >= 0.3 is 5.97 Å². The molecule has 0 aliphatic carbocycles. The van der Waals surface area contributed by atoms with E-state index in [0.29, 0.717) is 24.6 Å². The molecule has 7 heteroatoms. The van der Waals surface area contributed by atoms with Crippen molar-refractivity contribution in [2.75, 3.05) is 32.2 Å². The average Bonchev–Trinajstić information content (AvgIpc) is 2.53. The van der Waals surface area contributed by atoms with Gasteiger partial charge in [-0.2, -0.15) is 0 Å². The Balaban J connectivity index is 1.94.